The van der Waals surface area contributed by atoms with Crippen LogP contribution in [0.5, 0.6) is 0 Å². The molecule has 7 heteroatoms. The summed E-state index contributed by atoms with van der Waals surface area (Å²) in [4.78, 5) is 0. The molecule has 1 fully saturated rings. The van der Waals surface area contributed by atoms with Crippen LogP contribution in [0.2, 0.25) is 5.15 Å². The number of rotatable bonds is 3. The Kier molecular flexibility index (Phi) is 2.66. The lowest BCUT2D eigenvalue weighted by molar-refractivity contribution is -0.141. The van der Waals surface area contributed by atoms with Crippen LogP contribution in [0.3, 0.4) is 0 Å². The summed E-state index contributed by atoms with van der Waals surface area (Å²) in [5.41, 5.74) is 4.69. The first-order valence-electron chi connectivity index (χ1n) is 4.91. The van der Waals surface area contributed by atoms with Gasteiger partial charge in [0.15, 0.2) is 5.15 Å². The van der Waals surface area contributed by atoms with E-state index in [1.165, 1.54) is 0 Å². The van der Waals surface area contributed by atoms with Crippen molar-refractivity contribution in [3.8, 4) is 0 Å². The molecule has 0 saturated heterocycles. The lowest BCUT2D eigenvalue weighted by Gasteiger charge is -2.10. The molecular weight excluding hydrogens is 243 g/mol. The monoisotopic (exact) mass is 253 g/mol. The maximum Gasteiger partial charge on any atom is 0.433 e. The van der Waals surface area contributed by atoms with E-state index in [0.29, 0.717) is 6.42 Å². The van der Waals surface area contributed by atoms with E-state index >= 15 is 0 Å². The van der Waals surface area contributed by atoms with E-state index in [2.05, 4.69) is 5.10 Å². The Labute approximate surface area is 95.2 Å². The Morgan fingerprint density at radius 2 is 2.06 bits per heavy atom. The van der Waals surface area contributed by atoms with E-state index in [0.717, 1.165) is 12.8 Å². The quantitative estimate of drug-likeness (QED) is 0.870. The zero-order valence-corrected chi connectivity index (χ0v) is 9.12. The molecule has 0 atom stereocenters. The first kappa shape index (κ1) is 11.7. The average molecular weight is 254 g/mol. The van der Waals surface area contributed by atoms with Crippen LogP contribution < -0.4 is 5.73 Å². The maximum atomic E-state index is 12.5. The first-order chi connectivity index (χ1) is 7.32. The highest BCUT2D eigenvalue weighted by molar-refractivity contribution is 6.30. The van der Waals surface area contributed by atoms with E-state index in [-0.39, 0.29) is 22.7 Å². The summed E-state index contributed by atoms with van der Waals surface area (Å²) in [5, 5.41) is 5.19. The third kappa shape index (κ3) is 2.32. The van der Waals surface area contributed by atoms with Crippen LogP contribution in [-0.4, -0.2) is 15.7 Å². The van der Waals surface area contributed by atoms with Crippen LogP contribution in [0.4, 0.5) is 13.2 Å². The maximum absolute atomic E-state index is 12.5. The molecule has 3 nitrogen and oxygen atoms in total. The van der Waals surface area contributed by atoms with E-state index in [1.54, 1.807) is 0 Å². The van der Waals surface area contributed by atoms with Gasteiger partial charge in [0.05, 0.1) is 0 Å². The summed E-state index contributed by atoms with van der Waals surface area (Å²) >= 11 is 5.62. The topological polar surface area (TPSA) is 54.7 Å². The number of halogens is 4. The van der Waals surface area contributed by atoms with Gasteiger partial charge in [-0.2, -0.15) is 18.3 Å². The van der Waals surface area contributed by atoms with Gasteiger partial charge in [-0.3, -0.25) is 5.10 Å². The summed E-state index contributed by atoms with van der Waals surface area (Å²) in [6.07, 6.45) is -2.00. The molecule has 0 amide bonds. The molecule has 0 spiro atoms. The Morgan fingerprint density at radius 1 is 1.44 bits per heavy atom. The van der Waals surface area contributed by atoms with Crippen molar-refractivity contribution in [2.45, 2.75) is 37.4 Å². The summed E-state index contributed by atoms with van der Waals surface area (Å²) in [5.74, 6) is 0. The van der Waals surface area contributed by atoms with Crippen LogP contribution in [0.1, 0.15) is 30.5 Å². The summed E-state index contributed by atoms with van der Waals surface area (Å²) in [6, 6.07) is 0. The minimum atomic E-state index is -4.44. The molecule has 16 heavy (non-hydrogen) atoms. The average Bonchev–Trinajstić information content (AvgIpc) is 2.74. The Morgan fingerprint density at radius 3 is 2.56 bits per heavy atom. The van der Waals surface area contributed by atoms with Crippen molar-refractivity contribution in [3.63, 3.8) is 0 Å². The molecule has 3 N–H and O–H groups in total. The number of hydrogen-bond acceptors (Lipinski definition) is 2. The number of hydrogen-bond donors (Lipinski definition) is 2. The zero-order valence-electron chi connectivity index (χ0n) is 8.36. The molecule has 0 aliphatic heterocycles. The molecule has 0 aromatic carbocycles. The second kappa shape index (κ2) is 3.63. The van der Waals surface area contributed by atoms with Gasteiger partial charge in [0.25, 0.3) is 0 Å². The zero-order chi connectivity index (χ0) is 12.0. The van der Waals surface area contributed by atoms with Gasteiger partial charge in [0.1, 0.15) is 5.69 Å². The molecule has 1 aliphatic rings. The molecule has 1 heterocycles. The van der Waals surface area contributed by atoms with Gasteiger partial charge in [-0.1, -0.05) is 11.6 Å². The lowest BCUT2D eigenvalue weighted by Crippen LogP contribution is -2.22. The molecule has 0 radical (unpaired) electrons. The second-order valence-corrected chi connectivity index (χ2v) is 4.59. The summed E-state index contributed by atoms with van der Waals surface area (Å²) < 4.78 is 37.6. The number of aromatic amines is 1. The molecular formula is C9H11ClF3N3. The van der Waals surface area contributed by atoms with Crippen LogP contribution >= 0.6 is 11.6 Å². The second-order valence-electron chi connectivity index (χ2n) is 4.23. The van der Waals surface area contributed by atoms with E-state index in [1.807, 2.05) is 5.10 Å². The van der Waals surface area contributed by atoms with Crippen LogP contribution in [0.25, 0.3) is 0 Å². The Balaban J connectivity index is 2.15. The van der Waals surface area contributed by atoms with Gasteiger partial charge >= 0.3 is 6.18 Å². The highest BCUT2D eigenvalue weighted by Gasteiger charge is 2.40. The predicted octanol–water partition coefficient (Wildman–Crippen LogP) is 2.51. The lowest BCUT2D eigenvalue weighted by atomic mass is 10.0. The van der Waals surface area contributed by atoms with Crippen LogP contribution in [-0.2, 0) is 12.6 Å². The molecule has 1 aromatic rings. The van der Waals surface area contributed by atoms with Gasteiger partial charge < -0.3 is 5.73 Å². The third-order valence-corrected chi connectivity index (χ3v) is 3.18. The van der Waals surface area contributed by atoms with Crippen molar-refractivity contribution in [2.24, 2.45) is 5.73 Å². The summed E-state index contributed by atoms with van der Waals surface area (Å²) in [7, 11) is 0. The largest absolute Gasteiger partial charge is 0.433 e. The highest BCUT2D eigenvalue weighted by atomic mass is 35.5. The van der Waals surface area contributed by atoms with Gasteiger partial charge in [-0.25, -0.2) is 0 Å². The number of alkyl halides is 3. The van der Waals surface area contributed by atoms with Crippen LogP contribution in [0.15, 0.2) is 0 Å². The van der Waals surface area contributed by atoms with Crippen molar-refractivity contribution in [3.05, 3.63) is 16.4 Å². The fourth-order valence-electron chi connectivity index (χ4n) is 1.59. The predicted molar refractivity (Wildman–Crippen MR) is 53.1 cm³/mol. The van der Waals surface area contributed by atoms with E-state index in [4.69, 9.17) is 17.3 Å². The van der Waals surface area contributed by atoms with Crippen molar-refractivity contribution < 1.29 is 13.2 Å². The fourth-order valence-corrected chi connectivity index (χ4v) is 1.82. The molecule has 1 aromatic heterocycles. The number of nitrogens with zero attached hydrogens (tertiary/aromatic N) is 1. The highest BCUT2D eigenvalue weighted by Crippen LogP contribution is 2.39. The third-order valence-electron chi connectivity index (χ3n) is 2.87. The number of aromatic nitrogens is 2. The van der Waals surface area contributed by atoms with Gasteiger partial charge in [-0.15, -0.1) is 0 Å². The molecule has 2 rings (SSSR count). The van der Waals surface area contributed by atoms with Crippen LogP contribution in [0, 0.1) is 0 Å². The molecule has 90 valence electrons. The number of H-pyrrole nitrogens is 1. The van der Waals surface area contributed by atoms with E-state index < -0.39 is 11.9 Å². The van der Waals surface area contributed by atoms with Crippen molar-refractivity contribution in [2.75, 3.05) is 0 Å². The number of nitrogens with two attached hydrogens (primary N) is 1. The Hall–Kier alpha value is -0.750. The van der Waals surface area contributed by atoms with Crippen molar-refractivity contribution in [1.82, 2.24) is 10.2 Å². The minimum absolute atomic E-state index is 0.0193. The van der Waals surface area contributed by atoms with Crippen molar-refractivity contribution in [1.29, 1.82) is 0 Å². The number of nitrogens with one attached hydrogen (secondary N) is 1. The normalized spacial score (nSPS) is 18.8. The molecule has 0 unspecified atom stereocenters. The molecule has 1 aliphatic carbocycles. The minimum Gasteiger partial charge on any atom is -0.325 e. The molecule has 0 bridgehead atoms. The van der Waals surface area contributed by atoms with Gasteiger partial charge in [0.2, 0.25) is 0 Å². The first-order valence-corrected chi connectivity index (χ1v) is 5.28. The fraction of sp³-hybridized carbons (Fsp3) is 0.667. The SMILES string of the molecule is NC1(CCc2c(Cl)n[nH]c2C(F)(F)F)CC1. The van der Waals surface area contributed by atoms with Gasteiger partial charge in [-0.05, 0) is 25.7 Å². The van der Waals surface area contributed by atoms with Gasteiger partial charge in [0, 0.05) is 11.1 Å². The summed E-state index contributed by atoms with van der Waals surface area (Å²) in [6.45, 7) is 0. The Bertz CT molecular complexity index is 395. The molecule has 1 saturated carbocycles. The van der Waals surface area contributed by atoms with E-state index in [9.17, 15) is 13.2 Å². The van der Waals surface area contributed by atoms with Crippen molar-refractivity contribution >= 4 is 11.6 Å². The smallest absolute Gasteiger partial charge is 0.325 e. The standard InChI is InChI=1S/C9H11ClF3N3/c10-7-5(1-2-8(14)3-4-8)6(15-16-7)9(11,12)13/h1-4,14H2,(H,15,16).